The highest BCUT2D eigenvalue weighted by Crippen LogP contribution is 2.14. The summed E-state index contributed by atoms with van der Waals surface area (Å²) in [7, 11) is 0. The van der Waals surface area contributed by atoms with Gasteiger partial charge in [-0.25, -0.2) is 4.79 Å². The zero-order valence-electron chi connectivity index (χ0n) is 14.4. The number of hydrogen-bond acceptors (Lipinski definition) is 3. The Morgan fingerprint density at radius 2 is 1.52 bits per heavy atom. The molecular weight excluding hydrogens is 318 g/mol. The van der Waals surface area contributed by atoms with Crippen LogP contribution in [0.2, 0.25) is 0 Å². The Balaban J connectivity index is 1.70. The van der Waals surface area contributed by atoms with Gasteiger partial charge < -0.3 is 20.7 Å². The van der Waals surface area contributed by atoms with Crippen molar-refractivity contribution < 1.29 is 14.3 Å². The predicted octanol–water partition coefficient (Wildman–Crippen LogP) is 3.48. The van der Waals surface area contributed by atoms with Gasteiger partial charge in [0.15, 0.2) is 0 Å². The fourth-order valence-corrected chi connectivity index (χ4v) is 1.95. The highest BCUT2D eigenvalue weighted by atomic mass is 16.5. The fraction of sp³-hybridized carbons (Fsp3) is 0.263. The summed E-state index contributed by atoms with van der Waals surface area (Å²) in [6.45, 7) is 4.44. The molecule has 0 aromatic heterocycles. The summed E-state index contributed by atoms with van der Waals surface area (Å²) in [5.74, 6) is 0.641. The molecule has 0 saturated heterocycles. The molecule has 0 aliphatic carbocycles. The number of rotatable bonds is 7. The Hall–Kier alpha value is -3.02. The van der Waals surface area contributed by atoms with Gasteiger partial charge in [-0.15, -0.1) is 0 Å². The molecule has 0 fully saturated rings. The van der Waals surface area contributed by atoms with Crippen LogP contribution in [0.3, 0.4) is 0 Å². The van der Waals surface area contributed by atoms with Crippen molar-refractivity contribution in [1.29, 1.82) is 0 Å². The van der Waals surface area contributed by atoms with Crippen molar-refractivity contribution in [1.82, 2.24) is 5.32 Å². The van der Waals surface area contributed by atoms with Gasteiger partial charge in [0.2, 0.25) is 5.91 Å². The van der Waals surface area contributed by atoms with Crippen molar-refractivity contribution >= 4 is 23.3 Å². The van der Waals surface area contributed by atoms with E-state index < -0.39 is 0 Å². The molecule has 6 nitrogen and oxygen atoms in total. The van der Waals surface area contributed by atoms with E-state index in [2.05, 4.69) is 16.0 Å². The molecule has 0 saturated carbocycles. The van der Waals surface area contributed by atoms with Crippen LogP contribution in [-0.2, 0) is 4.79 Å². The fourth-order valence-electron chi connectivity index (χ4n) is 1.95. The normalized spacial score (nSPS) is 10.2. The second-order valence-electron chi connectivity index (χ2n) is 5.76. The number of amides is 3. The summed E-state index contributed by atoms with van der Waals surface area (Å²) in [5.41, 5.74) is 1.34. The van der Waals surface area contributed by atoms with Crippen molar-refractivity contribution in [3.63, 3.8) is 0 Å². The van der Waals surface area contributed by atoms with Gasteiger partial charge in [-0.05, 0) is 36.4 Å². The summed E-state index contributed by atoms with van der Waals surface area (Å²) in [5, 5.41) is 8.24. The summed E-state index contributed by atoms with van der Waals surface area (Å²) in [6, 6.07) is 16.1. The summed E-state index contributed by atoms with van der Waals surface area (Å²) in [4.78, 5) is 23.4. The van der Waals surface area contributed by atoms with Crippen LogP contribution < -0.4 is 20.7 Å². The Kier molecular flexibility index (Phi) is 6.83. The van der Waals surface area contributed by atoms with Crippen LogP contribution in [0.15, 0.2) is 54.6 Å². The van der Waals surface area contributed by atoms with E-state index in [-0.39, 0.29) is 17.9 Å². The number of benzene rings is 2. The average Bonchev–Trinajstić information content (AvgIpc) is 2.61. The first kappa shape index (κ1) is 18.3. The Morgan fingerprint density at radius 1 is 0.920 bits per heavy atom. The zero-order chi connectivity index (χ0) is 18.1. The minimum Gasteiger partial charge on any atom is -0.492 e. The molecule has 0 unspecified atom stereocenters. The first-order valence-electron chi connectivity index (χ1n) is 8.18. The summed E-state index contributed by atoms with van der Waals surface area (Å²) >= 11 is 0. The number of para-hydroxylation sites is 1. The molecule has 0 radical (unpaired) electrons. The van der Waals surface area contributed by atoms with Crippen molar-refractivity contribution in [2.45, 2.75) is 13.8 Å². The number of urea groups is 1. The lowest BCUT2D eigenvalue weighted by Crippen LogP contribution is -2.32. The molecule has 132 valence electrons. The number of anilines is 2. The molecule has 3 N–H and O–H groups in total. The number of ether oxygens (including phenoxy) is 1. The van der Waals surface area contributed by atoms with Gasteiger partial charge >= 0.3 is 6.03 Å². The molecular formula is C19H23N3O3. The third kappa shape index (κ3) is 6.55. The quantitative estimate of drug-likeness (QED) is 0.675. The van der Waals surface area contributed by atoms with E-state index in [1.165, 1.54) is 0 Å². The maximum Gasteiger partial charge on any atom is 0.319 e. The maximum atomic E-state index is 11.8. The molecule has 0 atom stereocenters. The van der Waals surface area contributed by atoms with Crippen LogP contribution in [0.4, 0.5) is 16.2 Å². The molecule has 2 aromatic rings. The Labute approximate surface area is 147 Å². The van der Waals surface area contributed by atoms with E-state index in [1.54, 1.807) is 24.3 Å². The molecule has 0 heterocycles. The van der Waals surface area contributed by atoms with Gasteiger partial charge in [0, 0.05) is 17.3 Å². The SMILES string of the molecule is CC(C)C(=O)Nc1ccc(NC(=O)NCCOc2ccccc2)cc1. The predicted molar refractivity (Wildman–Crippen MR) is 98.9 cm³/mol. The highest BCUT2D eigenvalue weighted by Gasteiger charge is 2.07. The Bertz CT molecular complexity index is 685. The van der Waals surface area contributed by atoms with Crippen LogP contribution in [0, 0.1) is 5.92 Å². The first-order valence-corrected chi connectivity index (χ1v) is 8.18. The van der Waals surface area contributed by atoms with Crippen molar-refractivity contribution in [2.75, 3.05) is 23.8 Å². The number of carbonyl (C=O) groups excluding carboxylic acids is 2. The van der Waals surface area contributed by atoms with Gasteiger partial charge in [-0.3, -0.25) is 4.79 Å². The number of nitrogens with one attached hydrogen (secondary N) is 3. The van der Waals surface area contributed by atoms with Crippen LogP contribution >= 0.6 is 0 Å². The molecule has 3 amide bonds. The third-order valence-corrected chi connectivity index (χ3v) is 3.33. The second kappa shape index (κ2) is 9.32. The van der Waals surface area contributed by atoms with Crippen LogP contribution in [0.5, 0.6) is 5.75 Å². The third-order valence-electron chi connectivity index (χ3n) is 3.33. The lowest BCUT2D eigenvalue weighted by molar-refractivity contribution is -0.118. The largest absolute Gasteiger partial charge is 0.492 e. The van der Waals surface area contributed by atoms with Crippen molar-refractivity contribution in [3.8, 4) is 5.75 Å². The molecule has 0 aliphatic rings. The van der Waals surface area contributed by atoms with Crippen LogP contribution in [0.1, 0.15) is 13.8 Å². The molecule has 0 spiro atoms. The lowest BCUT2D eigenvalue weighted by atomic mass is 10.2. The smallest absolute Gasteiger partial charge is 0.319 e. The minimum atomic E-state index is -0.310. The minimum absolute atomic E-state index is 0.0446. The topological polar surface area (TPSA) is 79.5 Å². The van der Waals surface area contributed by atoms with E-state index in [0.29, 0.717) is 24.5 Å². The molecule has 6 heteroatoms. The highest BCUT2D eigenvalue weighted by molar-refractivity contribution is 5.93. The van der Waals surface area contributed by atoms with Gasteiger partial charge in [0.25, 0.3) is 0 Å². The number of carbonyl (C=O) groups is 2. The van der Waals surface area contributed by atoms with E-state index in [9.17, 15) is 9.59 Å². The van der Waals surface area contributed by atoms with Crippen LogP contribution in [0.25, 0.3) is 0 Å². The monoisotopic (exact) mass is 341 g/mol. The van der Waals surface area contributed by atoms with Crippen molar-refractivity contribution in [3.05, 3.63) is 54.6 Å². The Morgan fingerprint density at radius 3 is 2.12 bits per heavy atom. The lowest BCUT2D eigenvalue weighted by Gasteiger charge is -2.10. The molecule has 2 aromatic carbocycles. The molecule has 2 rings (SSSR count). The second-order valence-corrected chi connectivity index (χ2v) is 5.76. The first-order chi connectivity index (χ1) is 12.0. The van der Waals surface area contributed by atoms with E-state index in [0.717, 1.165) is 5.75 Å². The van der Waals surface area contributed by atoms with Gasteiger partial charge in [-0.2, -0.15) is 0 Å². The maximum absolute atomic E-state index is 11.8. The summed E-state index contributed by atoms with van der Waals surface area (Å²) < 4.78 is 5.50. The molecule has 0 bridgehead atoms. The summed E-state index contributed by atoms with van der Waals surface area (Å²) in [6.07, 6.45) is 0. The van der Waals surface area contributed by atoms with Gasteiger partial charge in [0.1, 0.15) is 12.4 Å². The standard InChI is InChI=1S/C19H23N3O3/c1-14(2)18(23)21-15-8-10-16(11-9-15)22-19(24)20-12-13-25-17-6-4-3-5-7-17/h3-11,14H,12-13H2,1-2H3,(H,21,23)(H2,20,22,24). The van der Waals surface area contributed by atoms with Crippen molar-refractivity contribution in [2.24, 2.45) is 5.92 Å². The van der Waals surface area contributed by atoms with E-state index in [4.69, 9.17) is 4.74 Å². The van der Waals surface area contributed by atoms with Gasteiger partial charge in [-0.1, -0.05) is 32.0 Å². The van der Waals surface area contributed by atoms with Crippen LogP contribution in [-0.4, -0.2) is 25.1 Å². The van der Waals surface area contributed by atoms with Gasteiger partial charge in [0.05, 0.1) is 6.54 Å². The molecule has 0 aliphatic heterocycles. The number of hydrogen-bond donors (Lipinski definition) is 3. The average molecular weight is 341 g/mol. The van der Waals surface area contributed by atoms with E-state index >= 15 is 0 Å². The molecule has 25 heavy (non-hydrogen) atoms. The zero-order valence-corrected chi connectivity index (χ0v) is 14.4. The van der Waals surface area contributed by atoms with E-state index in [1.807, 2.05) is 44.2 Å².